The van der Waals surface area contributed by atoms with Crippen molar-refractivity contribution in [3.8, 4) is 5.75 Å². The van der Waals surface area contributed by atoms with E-state index in [4.69, 9.17) is 4.74 Å². The molecule has 2 aromatic rings. The minimum absolute atomic E-state index is 0.0578. The SMILES string of the molecule is Cc1cccc(O[C@@H](C)C(=O)N[C@@H]2CCCc3ccccc32)c1C. The standard InChI is InChI=1S/C21H25NO2/c1-14-8-6-13-20(15(14)2)24-16(3)21(23)22-19-12-7-10-17-9-4-5-11-18(17)19/h4-6,8-9,11,13,16,19H,7,10,12H2,1-3H3,(H,22,23)/t16-,19+/m0/s1. The van der Waals surface area contributed by atoms with Gasteiger partial charge in [0.25, 0.3) is 5.91 Å². The third kappa shape index (κ3) is 3.45. The molecule has 24 heavy (non-hydrogen) atoms. The Morgan fingerprint density at radius 2 is 1.96 bits per heavy atom. The molecule has 0 saturated heterocycles. The Bertz CT molecular complexity index is 738. The van der Waals surface area contributed by atoms with Gasteiger partial charge in [-0.1, -0.05) is 36.4 Å². The lowest BCUT2D eigenvalue weighted by Gasteiger charge is -2.27. The first-order valence-corrected chi connectivity index (χ1v) is 8.67. The van der Waals surface area contributed by atoms with E-state index in [9.17, 15) is 4.79 Å². The third-order valence-corrected chi connectivity index (χ3v) is 4.91. The second-order valence-electron chi connectivity index (χ2n) is 6.61. The second-order valence-corrected chi connectivity index (χ2v) is 6.61. The van der Waals surface area contributed by atoms with E-state index in [1.165, 1.54) is 16.7 Å². The predicted octanol–water partition coefficient (Wildman–Crippen LogP) is 4.26. The van der Waals surface area contributed by atoms with E-state index in [1.54, 1.807) is 0 Å². The van der Waals surface area contributed by atoms with Crippen molar-refractivity contribution in [3.63, 3.8) is 0 Å². The van der Waals surface area contributed by atoms with Crippen LogP contribution in [0.25, 0.3) is 0 Å². The summed E-state index contributed by atoms with van der Waals surface area (Å²) in [6, 6.07) is 14.4. The monoisotopic (exact) mass is 323 g/mol. The zero-order chi connectivity index (χ0) is 17.1. The highest BCUT2D eigenvalue weighted by Crippen LogP contribution is 2.29. The number of amides is 1. The number of aryl methyl sites for hydroxylation is 2. The number of carbonyl (C=O) groups excluding carboxylic acids is 1. The lowest BCUT2D eigenvalue weighted by Crippen LogP contribution is -2.39. The molecule has 0 saturated carbocycles. The average molecular weight is 323 g/mol. The summed E-state index contributed by atoms with van der Waals surface area (Å²) < 4.78 is 5.91. The van der Waals surface area contributed by atoms with Crippen LogP contribution in [0.4, 0.5) is 0 Å². The van der Waals surface area contributed by atoms with Gasteiger partial charge in [-0.2, -0.15) is 0 Å². The molecule has 3 heteroatoms. The molecule has 2 atom stereocenters. The molecule has 1 aliphatic rings. The van der Waals surface area contributed by atoms with E-state index < -0.39 is 6.10 Å². The van der Waals surface area contributed by atoms with Crippen LogP contribution in [0.2, 0.25) is 0 Å². The van der Waals surface area contributed by atoms with Gasteiger partial charge in [0.2, 0.25) is 0 Å². The summed E-state index contributed by atoms with van der Waals surface area (Å²) in [5.74, 6) is 0.722. The van der Waals surface area contributed by atoms with Crippen molar-refractivity contribution in [1.82, 2.24) is 5.32 Å². The largest absolute Gasteiger partial charge is 0.481 e. The molecule has 1 amide bonds. The fourth-order valence-corrected chi connectivity index (χ4v) is 3.29. The first kappa shape index (κ1) is 16.6. The predicted molar refractivity (Wildman–Crippen MR) is 96.3 cm³/mol. The maximum atomic E-state index is 12.6. The van der Waals surface area contributed by atoms with Crippen LogP contribution in [-0.4, -0.2) is 12.0 Å². The number of nitrogens with one attached hydrogen (secondary N) is 1. The fourth-order valence-electron chi connectivity index (χ4n) is 3.29. The molecule has 3 nitrogen and oxygen atoms in total. The first-order chi connectivity index (χ1) is 11.6. The Morgan fingerprint density at radius 1 is 1.17 bits per heavy atom. The van der Waals surface area contributed by atoms with Crippen molar-refractivity contribution < 1.29 is 9.53 Å². The fraction of sp³-hybridized carbons (Fsp3) is 0.381. The summed E-state index contributed by atoms with van der Waals surface area (Å²) in [7, 11) is 0. The van der Waals surface area contributed by atoms with Crippen molar-refractivity contribution in [3.05, 3.63) is 64.7 Å². The van der Waals surface area contributed by atoms with Crippen LogP contribution in [0.1, 0.15) is 48.1 Å². The molecule has 1 N–H and O–H groups in total. The smallest absolute Gasteiger partial charge is 0.261 e. The van der Waals surface area contributed by atoms with E-state index >= 15 is 0 Å². The van der Waals surface area contributed by atoms with Crippen molar-refractivity contribution in [2.24, 2.45) is 0 Å². The van der Waals surface area contributed by atoms with Gasteiger partial charge >= 0.3 is 0 Å². The molecule has 126 valence electrons. The van der Waals surface area contributed by atoms with Gasteiger partial charge < -0.3 is 10.1 Å². The summed E-state index contributed by atoms with van der Waals surface area (Å²) in [6.07, 6.45) is 2.67. The van der Waals surface area contributed by atoms with E-state index in [0.717, 1.165) is 30.6 Å². The quantitative estimate of drug-likeness (QED) is 0.913. The zero-order valence-corrected chi connectivity index (χ0v) is 14.6. The molecule has 0 fully saturated rings. The van der Waals surface area contributed by atoms with Crippen LogP contribution in [0.15, 0.2) is 42.5 Å². The van der Waals surface area contributed by atoms with Gasteiger partial charge in [0.1, 0.15) is 5.75 Å². The summed E-state index contributed by atoms with van der Waals surface area (Å²) in [5.41, 5.74) is 4.84. The number of ether oxygens (including phenoxy) is 1. The topological polar surface area (TPSA) is 38.3 Å². The maximum absolute atomic E-state index is 12.6. The minimum atomic E-state index is -0.514. The van der Waals surface area contributed by atoms with E-state index in [0.29, 0.717) is 0 Å². The van der Waals surface area contributed by atoms with Crippen molar-refractivity contribution in [1.29, 1.82) is 0 Å². The highest BCUT2D eigenvalue weighted by molar-refractivity contribution is 5.81. The lowest BCUT2D eigenvalue weighted by atomic mass is 9.87. The Balaban J connectivity index is 1.68. The van der Waals surface area contributed by atoms with Crippen LogP contribution >= 0.6 is 0 Å². The Hall–Kier alpha value is -2.29. The van der Waals surface area contributed by atoms with E-state index in [-0.39, 0.29) is 11.9 Å². The van der Waals surface area contributed by atoms with Crippen LogP contribution in [0.3, 0.4) is 0 Å². The number of benzene rings is 2. The molecule has 2 aromatic carbocycles. The summed E-state index contributed by atoms with van der Waals surface area (Å²) >= 11 is 0. The van der Waals surface area contributed by atoms with E-state index in [1.807, 2.05) is 45.0 Å². The number of fused-ring (bicyclic) bond motifs is 1. The third-order valence-electron chi connectivity index (χ3n) is 4.91. The molecule has 0 unspecified atom stereocenters. The van der Waals surface area contributed by atoms with E-state index in [2.05, 4.69) is 23.5 Å². The molecule has 3 rings (SSSR count). The molecule has 0 radical (unpaired) electrons. The lowest BCUT2D eigenvalue weighted by molar-refractivity contribution is -0.128. The number of hydrogen-bond donors (Lipinski definition) is 1. The van der Waals surface area contributed by atoms with Crippen molar-refractivity contribution >= 4 is 5.91 Å². The molecule has 0 bridgehead atoms. The van der Waals surface area contributed by atoms with Gasteiger partial charge in [-0.15, -0.1) is 0 Å². The molecular formula is C21H25NO2. The molecule has 0 heterocycles. The van der Waals surface area contributed by atoms with Crippen LogP contribution in [0.5, 0.6) is 5.75 Å². The van der Waals surface area contributed by atoms with Crippen LogP contribution < -0.4 is 10.1 Å². The van der Waals surface area contributed by atoms with Crippen molar-refractivity contribution in [2.75, 3.05) is 0 Å². The second kappa shape index (κ2) is 7.08. The Labute approximate surface area is 144 Å². The molecule has 1 aliphatic carbocycles. The van der Waals surface area contributed by atoms with Gasteiger partial charge in [-0.25, -0.2) is 0 Å². The zero-order valence-electron chi connectivity index (χ0n) is 14.6. The molecule has 0 spiro atoms. The van der Waals surface area contributed by atoms with Crippen LogP contribution in [0, 0.1) is 13.8 Å². The van der Waals surface area contributed by atoms with Gasteiger partial charge in [-0.05, 0) is 68.4 Å². The normalized spacial score (nSPS) is 17.7. The molecule has 0 aromatic heterocycles. The maximum Gasteiger partial charge on any atom is 0.261 e. The Morgan fingerprint density at radius 3 is 2.79 bits per heavy atom. The highest BCUT2D eigenvalue weighted by Gasteiger charge is 2.24. The average Bonchev–Trinajstić information content (AvgIpc) is 2.59. The Kier molecular flexibility index (Phi) is 4.89. The first-order valence-electron chi connectivity index (χ1n) is 8.67. The minimum Gasteiger partial charge on any atom is -0.481 e. The highest BCUT2D eigenvalue weighted by atomic mass is 16.5. The number of carbonyl (C=O) groups is 1. The number of hydrogen-bond acceptors (Lipinski definition) is 2. The van der Waals surface area contributed by atoms with Crippen molar-refractivity contribution in [2.45, 2.75) is 52.2 Å². The summed E-state index contributed by atoms with van der Waals surface area (Å²) in [4.78, 5) is 12.6. The summed E-state index contributed by atoms with van der Waals surface area (Å²) in [6.45, 7) is 5.88. The summed E-state index contributed by atoms with van der Waals surface area (Å²) in [5, 5.41) is 3.17. The van der Waals surface area contributed by atoms with Gasteiger partial charge in [0, 0.05) is 0 Å². The van der Waals surface area contributed by atoms with Gasteiger partial charge in [0.05, 0.1) is 6.04 Å². The van der Waals surface area contributed by atoms with Crippen LogP contribution in [-0.2, 0) is 11.2 Å². The van der Waals surface area contributed by atoms with Gasteiger partial charge in [-0.3, -0.25) is 4.79 Å². The van der Waals surface area contributed by atoms with Gasteiger partial charge in [0.15, 0.2) is 6.10 Å². The molecule has 0 aliphatic heterocycles. The molecular weight excluding hydrogens is 298 g/mol. The number of rotatable bonds is 4.